The Labute approximate surface area is 98.6 Å². The molecule has 4 nitrogen and oxygen atoms in total. The first-order valence-electron chi connectivity index (χ1n) is 5.24. The first-order valence-corrected chi connectivity index (χ1v) is 5.24. The number of benzene rings is 1. The molecule has 1 heterocycles. The van der Waals surface area contributed by atoms with Gasteiger partial charge in [-0.15, -0.1) is 0 Å². The molecular formula is C13H12N2O2. The highest BCUT2D eigenvalue weighted by Crippen LogP contribution is 2.22. The van der Waals surface area contributed by atoms with Gasteiger partial charge in [-0.25, -0.2) is 0 Å². The Morgan fingerprint density at radius 1 is 1.35 bits per heavy atom. The summed E-state index contributed by atoms with van der Waals surface area (Å²) in [5.41, 5.74) is 2.89. The fraction of sp³-hybridized carbons (Fsp3) is 0.0769. The van der Waals surface area contributed by atoms with E-state index in [2.05, 4.69) is 10.2 Å². The summed E-state index contributed by atoms with van der Waals surface area (Å²) in [6, 6.07) is 9.64. The van der Waals surface area contributed by atoms with Gasteiger partial charge in [0, 0.05) is 11.8 Å². The largest absolute Gasteiger partial charge is 0.481 e. The molecule has 0 amide bonds. The molecule has 1 aromatic heterocycles. The number of carboxylic acids is 1. The molecule has 0 atom stereocenters. The zero-order chi connectivity index (χ0) is 12.1. The van der Waals surface area contributed by atoms with E-state index in [0.29, 0.717) is 0 Å². The van der Waals surface area contributed by atoms with E-state index in [0.717, 1.165) is 16.8 Å². The van der Waals surface area contributed by atoms with Crippen LogP contribution >= 0.6 is 0 Å². The van der Waals surface area contributed by atoms with E-state index in [-0.39, 0.29) is 6.42 Å². The quantitative estimate of drug-likeness (QED) is 0.845. The highest BCUT2D eigenvalue weighted by molar-refractivity contribution is 5.75. The number of H-pyrrole nitrogens is 1. The van der Waals surface area contributed by atoms with Crippen LogP contribution in [-0.2, 0) is 4.79 Å². The van der Waals surface area contributed by atoms with Crippen LogP contribution in [0.15, 0.2) is 42.6 Å². The van der Waals surface area contributed by atoms with Crippen LogP contribution in [0.25, 0.3) is 17.3 Å². The molecule has 0 saturated carbocycles. The minimum Gasteiger partial charge on any atom is -0.481 e. The van der Waals surface area contributed by atoms with Crippen LogP contribution in [0.3, 0.4) is 0 Å². The predicted molar refractivity (Wildman–Crippen MR) is 65.3 cm³/mol. The molecule has 17 heavy (non-hydrogen) atoms. The summed E-state index contributed by atoms with van der Waals surface area (Å²) in [6.45, 7) is 0. The topological polar surface area (TPSA) is 66.0 Å². The van der Waals surface area contributed by atoms with Crippen LogP contribution in [0.5, 0.6) is 0 Å². The maximum Gasteiger partial charge on any atom is 0.307 e. The lowest BCUT2D eigenvalue weighted by molar-refractivity contribution is -0.135. The molecule has 1 aromatic carbocycles. The lowest BCUT2D eigenvalue weighted by Gasteiger charge is -2.02. The van der Waals surface area contributed by atoms with E-state index in [1.165, 1.54) is 0 Å². The molecule has 0 bridgehead atoms. The van der Waals surface area contributed by atoms with Gasteiger partial charge in [0.15, 0.2) is 0 Å². The summed E-state index contributed by atoms with van der Waals surface area (Å²) in [5.74, 6) is -0.833. The zero-order valence-corrected chi connectivity index (χ0v) is 9.13. The molecule has 2 rings (SSSR count). The molecule has 0 spiro atoms. The lowest BCUT2D eigenvalue weighted by Crippen LogP contribution is -1.90. The SMILES string of the molecule is O=C(O)CC=Cc1ccccc1-c1ccn[nH]1. The summed E-state index contributed by atoms with van der Waals surface area (Å²) >= 11 is 0. The molecule has 0 fully saturated rings. The van der Waals surface area contributed by atoms with Gasteiger partial charge < -0.3 is 5.11 Å². The highest BCUT2D eigenvalue weighted by atomic mass is 16.4. The number of carboxylic acid groups (broad SMARTS) is 1. The van der Waals surface area contributed by atoms with E-state index < -0.39 is 5.97 Å². The molecule has 0 aliphatic heterocycles. The van der Waals surface area contributed by atoms with Gasteiger partial charge in [-0.3, -0.25) is 9.89 Å². The Bertz CT molecular complexity index is 530. The fourth-order valence-corrected chi connectivity index (χ4v) is 1.58. The van der Waals surface area contributed by atoms with E-state index in [4.69, 9.17) is 5.11 Å². The van der Waals surface area contributed by atoms with Crippen molar-refractivity contribution in [3.8, 4) is 11.3 Å². The van der Waals surface area contributed by atoms with Crippen LogP contribution < -0.4 is 0 Å². The van der Waals surface area contributed by atoms with Gasteiger partial charge in [0.1, 0.15) is 0 Å². The molecule has 2 N–H and O–H groups in total. The molecule has 0 unspecified atom stereocenters. The normalized spacial score (nSPS) is 10.8. The Morgan fingerprint density at radius 2 is 2.18 bits per heavy atom. The Hall–Kier alpha value is -2.36. The van der Waals surface area contributed by atoms with Crippen LogP contribution in [0, 0.1) is 0 Å². The minimum absolute atomic E-state index is 0.0251. The first-order chi connectivity index (χ1) is 8.27. The number of hydrogen-bond donors (Lipinski definition) is 2. The van der Waals surface area contributed by atoms with Crippen molar-refractivity contribution in [1.29, 1.82) is 0 Å². The molecule has 86 valence electrons. The van der Waals surface area contributed by atoms with Crippen molar-refractivity contribution in [2.75, 3.05) is 0 Å². The molecule has 2 aromatic rings. The highest BCUT2D eigenvalue weighted by Gasteiger charge is 2.02. The fourth-order valence-electron chi connectivity index (χ4n) is 1.58. The summed E-state index contributed by atoms with van der Waals surface area (Å²) in [7, 11) is 0. The number of carbonyl (C=O) groups is 1. The van der Waals surface area contributed by atoms with Gasteiger partial charge in [-0.2, -0.15) is 5.10 Å². The third-order valence-corrected chi connectivity index (χ3v) is 2.34. The number of nitrogens with one attached hydrogen (secondary N) is 1. The smallest absolute Gasteiger partial charge is 0.307 e. The van der Waals surface area contributed by atoms with Crippen LogP contribution in [0.2, 0.25) is 0 Å². The lowest BCUT2D eigenvalue weighted by atomic mass is 10.0. The number of hydrogen-bond acceptors (Lipinski definition) is 2. The zero-order valence-electron chi connectivity index (χ0n) is 9.13. The molecule has 0 aliphatic rings. The van der Waals surface area contributed by atoms with Crippen molar-refractivity contribution in [2.45, 2.75) is 6.42 Å². The Morgan fingerprint density at radius 3 is 2.88 bits per heavy atom. The van der Waals surface area contributed by atoms with Gasteiger partial charge in [-0.05, 0) is 11.6 Å². The van der Waals surface area contributed by atoms with E-state index in [1.807, 2.05) is 36.4 Å². The Kier molecular flexibility index (Phi) is 3.35. The summed E-state index contributed by atoms with van der Waals surface area (Å²) < 4.78 is 0. The van der Waals surface area contributed by atoms with Crippen LogP contribution in [0.4, 0.5) is 0 Å². The average molecular weight is 228 g/mol. The van der Waals surface area contributed by atoms with E-state index in [9.17, 15) is 4.79 Å². The molecular weight excluding hydrogens is 216 g/mol. The second kappa shape index (κ2) is 5.12. The third kappa shape index (κ3) is 2.81. The average Bonchev–Trinajstić information content (AvgIpc) is 2.82. The van der Waals surface area contributed by atoms with E-state index >= 15 is 0 Å². The third-order valence-electron chi connectivity index (χ3n) is 2.34. The molecule has 0 saturated heterocycles. The standard InChI is InChI=1S/C13H12N2O2/c16-13(17)7-3-5-10-4-1-2-6-11(10)12-8-9-14-15-12/h1-6,8-9H,7H2,(H,14,15)(H,16,17). The van der Waals surface area contributed by atoms with E-state index in [1.54, 1.807) is 12.3 Å². The second-order valence-corrected chi connectivity index (χ2v) is 3.56. The Balaban J connectivity index is 2.28. The van der Waals surface area contributed by atoms with Crippen molar-refractivity contribution in [3.63, 3.8) is 0 Å². The van der Waals surface area contributed by atoms with Gasteiger partial charge in [-0.1, -0.05) is 36.4 Å². The van der Waals surface area contributed by atoms with Gasteiger partial charge in [0.05, 0.1) is 12.1 Å². The number of nitrogens with zero attached hydrogens (tertiary/aromatic N) is 1. The molecule has 0 aliphatic carbocycles. The van der Waals surface area contributed by atoms with Crippen molar-refractivity contribution < 1.29 is 9.90 Å². The number of aliphatic carboxylic acids is 1. The second-order valence-electron chi connectivity index (χ2n) is 3.56. The van der Waals surface area contributed by atoms with Gasteiger partial charge in [0.2, 0.25) is 0 Å². The number of aromatic amines is 1. The van der Waals surface area contributed by atoms with Crippen molar-refractivity contribution in [3.05, 3.63) is 48.2 Å². The molecule has 0 radical (unpaired) electrons. The summed E-state index contributed by atoms with van der Waals surface area (Å²) in [5, 5.41) is 15.4. The predicted octanol–water partition coefficient (Wildman–Crippen LogP) is 2.56. The van der Waals surface area contributed by atoms with Crippen molar-refractivity contribution in [1.82, 2.24) is 10.2 Å². The van der Waals surface area contributed by atoms with Gasteiger partial charge in [0.25, 0.3) is 0 Å². The van der Waals surface area contributed by atoms with Crippen molar-refractivity contribution in [2.24, 2.45) is 0 Å². The van der Waals surface area contributed by atoms with Gasteiger partial charge >= 0.3 is 5.97 Å². The monoisotopic (exact) mass is 228 g/mol. The van der Waals surface area contributed by atoms with Crippen LogP contribution in [-0.4, -0.2) is 21.3 Å². The van der Waals surface area contributed by atoms with Crippen molar-refractivity contribution >= 4 is 12.0 Å². The summed E-state index contributed by atoms with van der Waals surface area (Å²) in [6.07, 6.45) is 5.16. The van der Waals surface area contributed by atoms with Crippen LogP contribution in [0.1, 0.15) is 12.0 Å². The first kappa shape index (κ1) is 11.1. The number of aromatic nitrogens is 2. The molecule has 4 heteroatoms. The summed E-state index contributed by atoms with van der Waals surface area (Å²) in [4.78, 5) is 10.4. The maximum atomic E-state index is 10.4. The number of rotatable bonds is 4. The maximum absolute atomic E-state index is 10.4. The minimum atomic E-state index is -0.833.